The highest BCUT2D eigenvalue weighted by atomic mass is 14.7. The fourth-order valence-electron chi connectivity index (χ4n) is 1.66. The van der Waals surface area contributed by atoms with Crippen LogP contribution in [-0.2, 0) is 0 Å². The average Bonchev–Trinajstić information content (AvgIpc) is 2.39. The minimum absolute atomic E-state index is 1.15. The van der Waals surface area contributed by atoms with E-state index in [0.717, 1.165) is 5.69 Å². The van der Waals surface area contributed by atoms with Gasteiger partial charge in [-0.2, -0.15) is 0 Å². The number of rotatable bonds is 2. The summed E-state index contributed by atoms with van der Waals surface area (Å²) in [6, 6.07) is 14.6. The molecule has 0 saturated heterocycles. The van der Waals surface area contributed by atoms with Crippen LogP contribution in [0.5, 0.6) is 0 Å². The molecule has 0 unspecified atom stereocenters. The molecule has 2 rings (SSSR count). The fourth-order valence-corrected chi connectivity index (χ4v) is 1.66. The van der Waals surface area contributed by atoms with Gasteiger partial charge >= 0.3 is 0 Å². The Balaban J connectivity index is 2.44. The van der Waals surface area contributed by atoms with Gasteiger partial charge in [-0.05, 0) is 37.1 Å². The highest BCUT2D eigenvalue weighted by molar-refractivity contribution is 5.67. The Morgan fingerprint density at radius 3 is 2.56 bits per heavy atom. The van der Waals surface area contributed by atoms with Crippen molar-refractivity contribution in [2.45, 2.75) is 13.8 Å². The molecule has 0 radical (unpaired) electrons. The molecule has 0 aliphatic rings. The summed E-state index contributed by atoms with van der Waals surface area (Å²) < 4.78 is 0. The van der Waals surface area contributed by atoms with Crippen molar-refractivity contribution >= 4 is 5.57 Å². The van der Waals surface area contributed by atoms with Crippen molar-refractivity contribution in [1.29, 1.82) is 0 Å². The first kappa shape index (κ1) is 10.6. The number of hydrogen-bond acceptors (Lipinski definition) is 0. The van der Waals surface area contributed by atoms with Crippen molar-refractivity contribution in [2.75, 3.05) is 0 Å². The van der Waals surface area contributed by atoms with E-state index in [9.17, 15) is 0 Å². The molecule has 1 N–H and O–H groups in total. The molecule has 0 amide bonds. The zero-order valence-corrected chi connectivity index (χ0v) is 9.70. The largest absolute Gasteiger partial charge is 0.211 e. The van der Waals surface area contributed by atoms with Gasteiger partial charge in [0.15, 0.2) is 6.20 Å². The average molecular weight is 210 g/mol. The van der Waals surface area contributed by atoms with Crippen LogP contribution in [0, 0.1) is 0 Å². The van der Waals surface area contributed by atoms with Crippen molar-refractivity contribution in [3.63, 3.8) is 0 Å². The maximum atomic E-state index is 3.28. The van der Waals surface area contributed by atoms with Gasteiger partial charge in [0.2, 0.25) is 5.69 Å². The molecule has 1 aromatic heterocycles. The van der Waals surface area contributed by atoms with E-state index in [1.807, 2.05) is 12.3 Å². The number of pyridine rings is 1. The maximum Gasteiger partial charge on any atom is 0.211 e. The zero-order chi connectivity index (χ0) is 11.4. The summed E-state index contributed by atoms with van der Waals surface area (Å²) in [6.45, 7) is 4.19. The quantitative estimate of drug-likeness (QED) is 0.719. The van der Waals surface area contributed by atoms with Gasteiger partial charge < -0.3 is 0 Å². The smallest absolute Gasteiger partial charge is 0.211 e. The highest BCUT2D eigenvalue weighted by Gasteiger charge is 2.05. The third-order valence-electron chi connectivity index (χ3n) is 2.77. The van der Waals surface area contributed by atoms with E-state index in [-0.39, 0.29) is 0 Å². The van der Waals surface area contributed by atoms with Crippen LogP contribution < -0.4 is 4.98 Å². The van der Waals surface area contributed by atoms with Gasteiger partial charge in [-0.1, -0.05) is 24.3 Å². The van der Waals surface area contributed by atoms with Crippen LogP contribution in [0.1, 0.15) is 19.4 Å². The second-order valence-corrected chi connectivity index (χ2v) is 3.83. The van der Waals surface area contributed by atoms with Crippen molar-refractivity contribution in [1.82, 2.24) is 0 Å². The van der Waals surface area contributed by atoms with Crippen molar-refractivity contribution in [3.05, 3.63) is 60.3 Å². The molecule has 0 fully saturated rings. The van der Waals surface area contributed by atoms with Crippen LogP contribution in [0.25, 0.3) is 16.8 Å². The van der Waals surface area contributed by atoms with Crippen molar-refractivity contribution in [2.24, 2.45) is 0 Å². The Hall–Kier alpha value is -1.89. The van der Waals surface area contributed by atoms with Crippen molar-refractivity contribution < 1.29 is 4.98 Å². The van der Waals surface area contributed by atoms with E-state index < -0.39 is 0 Å². The third kappa shape index (κ3) is 2.19. The highest BCUT2D eigenvalue weighted by Crippen LogP contribution is 2.18. The van der Waals surface area contributed by atoms with Crippen LogP contribution in [0.2, 0.25) is 0 Å². The molecule has 16 heavy (non-hydrogen) atoms. The molecule has 0 aliphatic carbocycles. The van der Waals surface area contributed by atoms with Gasteiger partial charge in [0.05, 0.1) is 0 Å². The molecule has 1 aromatic carbocycles. The van der Waals surface area contributed by atoms with Gasteiger partial charge in [-0.15, -0.1) is 0 Å². The number of allylic oxidation sites excluding steroid dienone is 2. The molecule has 80 valence electrons. The van der Waals surface area contributed by atoms with Gasteiger partial charge in [0.25, 0.3) is 0 Å². The second kappa shape index (κ2) is 4.75. The Kier molecular flexibility index (Phi) is 3.16. The second-order valence-electron chi connectivity index (χ2n) is 3.83. The van der Waals surface area contributed by atoms with Crippen LogP contribution in [0.3, 0.4) is 0 Å². The fraction of sp³-hybridized carbons (Fsp3) is 0.133. The normalized spacial score (nSPS) is 11.5. The molecular formula is C15H16N+. The first-order valence-corrected chi connectivity index (χ1v) is 5.51. The Labute approximate surface area is 96.5 Å². The summed E-state index contributed by atoms with van der Waals surface area (Å²) in [5.74, 6) is 0. The summed E-state index contributed by atoms with van der Waals surface area (Å²) in [5, 5.41) is 0. The van der Waals surface area contributed by atoms with E-state index in [1.54, 1.807) is 0 Å². The van der Waals surface area contributed by atoms with Crippen LogP contribution in [0.4, 0.5) is 0 Å². The predicted molar refractivity (Wildman–Crippen MR) is 67.8 cm³/mol. The molecular weight excluding hydrogens is 194 g/mol. The molecule has 1 nitrogen and oxygen atoms in total. The lowest BCUT2D eigenvalue weighted by molar-refractivity contribution is -0.364. The molecule has 0 bridgehead atoms. The molecule has 1 heterocycles. The van der Waals surface area contributed by atoms with E-state index in [1.165, 1.54) is 16.7 Å². The van der Waals surface area contributed by atoms with E-state index >= 15 is 0 Å². The van der Waals surface area contributed by atoms with Gasteiger partial charge in [0, 0.05) is 17.7 Å². The predicted octanol–water partition coefficient (Wildman–Crippen LogP) is 3.59. The van der Waals surface area contributed by atoms with Crippen LogP contribution >= 0.6 is 0 Å². The number of hydrogen-bond donors (Lipinski definition) is 0. The SMILES string of the molecule is C/C=C(\C)c1cc[nH+]c(-c2ccccc2)c1. The number of aromatic nitrogens is 1. The van der Waals surface area contributed by atoms with Gasteiger partial charge in [0.1, 0.15) is 0 Å². The van der Waals surface area contributed by atoms with E-state index in [2.05, 4.69) is 61.3 Å². The number of benzene rings is 1. The molecule has 2 aromatic rings. The minimum atomic E-state index is 1.15. The lowest BCUT2D eigenvalue weighted by Crippen LogP contribution is -2.05. The summed E-state index contributed by atoms with van der Waals surface area (Å²) in [5.41, 5.74) is 4.93. The first-order valence-electron chi connectivity index (χ1n) is 5.51. The lowest BCUT2D eigenvalue weighted by atomic mass is 10.0. The molecule has 1 heteroatoms. The number of aromatic amines is 1. The minimum Gasteiger partial charge on any atom is -0.211 e. The van der Waals surface area contributed by atoms with Crippen LogP contribution in [0.15, 0.2) is 54.7 Å². The van der Waals surface area contributed by atoms with E-state index in [0.29, 0.717) is 0 Å². The van der Waals surface area contributed by atoms with Gasteiger partial charge in [-0.3, -0.25) is 0 Å². The topological polar surface area (TPSA) is 14.1 Å². The summed E-state index contributed by atoms with van der Waals surface area (Å²) >= 11 is 0. The Morgan fingerprint density at radius 1 is 1.12 bits per heavy atom. The molecule has 0 atom stereocenters. The number of nitrogens with one attached hydrogen (secondary N) is 1. The maximum absolute atomic E-state index is 3.28. The van der Waals surface area contributed by atoms with Crippen molar-refractivity contribution in [3.8, 4) is 11.3 Å². The van der Waals surface area contributed by atoms with Crippen LogP contribution in [-0.4, -0.2) is 0 Å². The summed E-state index contributed by atoms with van der Waals surface area (Å²) in [4.78, 5) is 3.28. The summed E-state index contributed by atoms with van der Waals surface area (Å²) in [7, 11) is 0. The zero-order valence-electron chi connectivity index (χ0n) is 9.70. The molecule has 0 spiro atoms. The van der Waals surface area contributed by atoms with Gasteiger partial charge in [-0.25, -0.2) is 4.98 Å². The molecule has 0 saturated carbocycles. The molecule has 0 aliphatic heterocycles. The first-order chi connectivity index (χ1) is 7.81. The Morgan fingerprint density at radius 2 is 1.88 bits per heavy atom. The summed E-state index contributed by atoms with van der Waals surface area (Å²) in [6.07, 6.45) is 4.12. The number of H-pyrrole nitrogens is 1. The lowest BCUT2D eigenvalue weighted by Gasteiger charge is -2.00. The third-order valence-corrected chi connectivity index (χ3v) is 2.77. The van der Waals surface area contributed by atoms with E-state index in [4.69, 9.17) is 0 Å². The standard InChI is InChI=1S/C15H15N/c1-3-12(2)14-9-10-16-15(11-14)13-7-5-4-6-8-13/h3-11H,1-2H3/p+1/b12-3+. The Bertz CT molecular complexity index is 498. The monoisotopic (exact) mass is 210 g/mol.